The Bertz CT molecular complexity index is 606. The van der Waals surface area contributed by atoms with Gasteiger partial charge in [-0.2, -0.15) is 9.57 Å². The van der Waals surface area contributed by atoms with Crippen LogP contribution >= 0.6 is 11.6 Å². The zero-order valence-corrected chi connectivity index (χ0v) is 13.0. The minimum Gasteiger partial charge on any atom is -0.207 e. The maximum atomic E-state index is 12.5. The van der Waals surface area contributed by atoms with Gasteiger partial charge in [0.2, 0.25) is 10.0 Å². The van der Waals surface area contributed by atoms with E-state index < -0.39 is 10.0 Å². The van der Waals surface area contributed by atoms with E-state index in [-0.39, 0.29) is 27.4 Å². The van der Waals surface area contributed by atoms with Gasteiger partial charge in [-0.15, -0.1) is 0 Å². The van der Waals surface area contributed by atoms with Gasteiger partial charge < -0.3 is 0 Å². The number of sulfonamides is 1. The fraction of sp³-hybridized carbons (Fsp3) is 0.462. The van der Waals surface area contributed by atoms with Gasteiger partial charge in [0.1, 0.15) is 4.90 Å². The van der Waals surface area contributed by atoms with E-state index in [0.717, 1.165) is 0 Å². The third-order valence-corrected chi connectivity index (χ3v) is 5.68. The predicted octanol–water partition coefficient (Wildman–Crippen LogP) is 2.88. The number of hydrogen-bond donors (Lipinski definition) is 0. The lowest BCUT2D eigenvalue weighted by Crippen LogP contribution is -2.38. The van der Waals surface area contributed by atoms with Gasteiger partial charge in [-0.05, 0) is 31.0 Å². The van der Waals surface area contributed by atoms with Crippen molar-refractivity contribution in [2.24, 2.45) is 5.92 Å². The van der Waals surface area contributed by atoms with Gasteiger partial charge in [0, 0.05) is 13.1 Å². The van der Waals surface area contributed by atoms with Crippen LogP contribution in [0.15, 0.2) is 23.1 Å². The highest BCUT2D eigenvalue weighted by atomic mass is 35.5. The Labute approximate surface area is 119 Å². The van der Waals surface area contributed by atoms with E-state index in [9.17, 15) is 8.42 Å². The number of nitriles is 1. The molecule has 0 heterocycles. The minimum atomic E-state index is -3.70. The van der Waals surface area contributed by atoms with E-state index in [1.165, 1.54) is 29.6 Å². The molecule has 1 unspecified atom stereocenters. The van der Waals surface area contributed by atoms with Crippen molar-refractivity contribution in [2.75, 3.05) is 7.05 Å². The van der Waals surface area contributed by atoms with Crippen LogP contribution in [-0.2, 0) is 10.0 Å². The zero-order valence-electron chi connectivity index (χ0n) is 11.4. The van der Waals surface area contributed by atoms with Gasteiger partial charge in [-0.1, -0.05) is 25.4 Å². The first-order valence-corrected chi connectivity index (χ1v) is 7.71. The number of benzene rings is 1. The lowest BCUT2D eigenvalue weighted by molar-refractivity contribution is 0.316. The number of nitrogens with zero attached hydrogens (tertiary/aromatic N) is 2. The van der Waals surface area contributed by atoms with Crippen LogP contribution in [0, 0.1) is 17.2 Å². The second-order valence-electron chi connectivity index (χ2n) is 4.76. The highest BCUT2D eigenvalue weighted by molar-refractivity contribution is 7.89. The molecule has 0 aliphatic rings. The molecular formula is C13H17ClN2O2S. The first kappa shape index (κ1) is 16.0. The molecule has 0 aliphatic carbocycles. The Hall–Kier alpha value is -1.09. The van der Waals surface area contributed by atoms with Crippen molar-refractivity contribution in [2.45, 2.75) is 31.7 Å². The number of halogens is 1. The summed E-state index contributed by atoms with van der Waals surface area (Å²) >= 11 is 5.95. The van der Waals surface area contributed by atoms with E-state index >= 15 is 0 Å². The van der Waals surface area contributed by atoms with Crippen molar-refractivity contribution < 1.29 is 8.42 Å². The SMILES string of the molecule is CC(C)C(C)N(C)S(=O)(=O)c1cc(C#N)ccc1Cl. The van der Waals surface area contributed by atoms with Gasteiger partial charge in [0.05, 0.1) is 16.7 Å². The second-order valence-corrected chi connectivity index (χ2v) is 7.14. The first-order chi connectivity index (χ1) is 8.71. The molecule has 0 spiro atoms. The Morgan fingerprint density at radius 2 is 1.89 bits per heavy atom. The number of rotatable bonds is 4. The molecule has 0 fully saturated rings. The van der Waals surface area contributed by atoms with Gasteiger partial charge in [-0.3, -0.25) is 0 Å². The Morgan fingerprint density at radius 1 is 1.32 bits per heavy atom. The summed E-state index contributed by atoms with van der Waals surface area (Å²) in [6.07, 6.45) is 0. The van der Waals surface area contributed by atoms with E-state index in [2.05, 4.69) is 0 Å². The Morgan fingerprint density at radius 3 is 2.37 bits per heavy atom. The summed E-state index contributed by atoms with van der Waals surface area (Å²) in [6, 6.07) is 5.99. The smallest absolute Gasteiger partial charge is 0.207 e. The summed E-state index contributed by atoms with van der Waals surface area (Å²) < 4.78 is 26.3. The summed E-state index contributed by atoms with van der Waals surface area (Å²) in [5.41, 5.74) is 0.272. The molecule has 1 aromatic carbocycles. The Kier molecular flexibility index (Phi) is 4.97. The Balaban J connectivity index is 3.32. The van der Waals surface area contributed by atoms with Gasteiger partial charge in [0.25, 0.3) is 0 Å². The van der Waals surface area contributed by atoms with Crippen LogP contribution in [-0.4, -0.2) is 25.8 Å². The average molecular weight is 301 g/mol. The van der Waals surface area contributed by atoms with E-state index in [4.69, 9.17) is 16.9 Å². The largest absolute Gasteiger partial charge is 0.244 e. The molecule has 0 aromatic heterocycles. The topological polar surface area (TPSA) is 61.2 Å². The van der Waals surface area contributed by atoms with Crippen LogP contribution in [0.1, 0.15) is 26.3 Å². The fourth-order valence-corrected chi connectivity index (χ4v) is 3.56. The van der Waals surface area contributed by atoms with Crippen molar-refractivity contribution in [1.29, 1.82) is 5.26 Å². The molecule has 0 saturated heterocycles. The summed E-state index contributed by atoms with van der Waals surface area (Å²) in [7, 11) is -2.17. The second kappa shape index (κ2) is 5.91. The summed E-state index contributed by atoms with van der Waals surface area (Å²) in [5, 5.41) is 8.98. The molecule has 1 aromatic rings. The third-order valence-electron chi connectivity index (χ3n) is 3.26. The summed E-state index contributed by atoms with van der Waals surface area (Å²) in [4.78, 5) is -0.0248. The van der Waals surface area contributed by atoms with E-state index in [1.807, 2.05) is 26.8 Å². The molecule has 6 heteroatoms. The van der Waals surface area contributed by atoms with E-state index in [0.29, 0.717) is 0 Å². The fourth-order valence-electron chi connectivity index (χ4n) is 1.56. The first-order valence-electron chi connectivity index (χ1n) is 5.89. The molecule has 0 N–H and O–H groups in total. The highest BCUT2D eigenvalue weighted by Gasteiger charge is 2.29. The molecule has 0 amide bonds. The molecular weight excluding hydrogens is 284 g/mol. The predicted molar refractivity (Wildman–Crippen MR) is 75.4 cm³/mol. The minimum absolute atomic E-state index is 0.0248. The van der Waals surface area contributed by atoms with Crippen molar-refractivity contribution in [3.63, 3.8) is 0 Å². The molecule has 1 rings (SSSR count). The highest BCUT2D eigenvalue weighted by Crippen LogP contribution is 2.27. The van der Waals surface area contributed by atoms with Crippen LogP contribution in [0.5, 0.6) is 0 Å². The molecule has 19 heavy (non-hydrogen) atoms. The zero-order chi connectivity index (χ0) is 14.8. The molecule has 0 saturated carbocycles. The number of hydrogen-bond acceptors (Lipinski definition) is 3. The third kappa shape index (κ3) is 3.27. The maximum absolute atomic E-state index is 12.5. The van der Waals surface area contributed by atoms with Crippen molar-refractivity contribution >= 4 is 21.6 Å². The molecule has 0 aliphatic heterocycles. The van der Waals surface area contributed by atoms with E-state index in [1.54, 1.807) is 0 Å². The van der Waals surface area contributed by atoms with Crippen molar-refractivity contribution in [1.82, 2.24) is 4.31 Å². The molecule has 1 atom stereocenters. The summed E-state index contributed by atoms with van der Waals surface area (Å²) in [5.74, 6) is 0.178. The molecule has 104 valence electrons. The van der Waals surface area contributed by atoms with Crippen LogP contribution < -0.4 is 0 Å². The lowest BCUT2D eigenvalue weighted by atomic mass is 10.1. The lowest BCUT2D eigenvalue weighted by Gasteiger charge is -2.27. The monoisotopic (exact) mass is 300 g/mol. The average Bonchev–Trinajstić information content (AvgIpc) is 2.37. The van der Waals surface area contributed by atoms with Gasteiger partial charge >= 0.3 is 0 Å². The maximum Gasteiger partial charge on any atom is 0.244 e. The summed E-state index contributed by atoms with van der Waals surface area (Å²) in [6.45, 7) is 5.73. The van der Waals surface area contributed by atoms with Crippen molar-refractivity contribution in [3.05, 3.63) is 28.8 Å². The quantitative estimate of drug-likeness (QED) is 0.859. The standard InChI is InChI=1S/C13H17ClN2O2S/c1-9(2)10(3)16(4)19(17,18)13-7-11(8-15)5-6-12(13)14/h5-7,9-10H,1-4H3. The molecule has 0 radical (unpaired) electrons. The van der Waals surface area contributed by atoms with Crippen molar-refractivity contribution in [3.8, 4) is 6.07 Å². The molecule has 4 nitrogen and oxygen atoms in total. The van der Waals surface area contributed by atoms with Crippen LogP contribution in [0.4, 0.5) is 0 Å². The van der Waals surface area contributed by atoms with Crippen LogP contribution in [0.2, 0.25) is 5.02 Å². The molecule has 0 bridgehead atoms. The van der Waals surface area contributed by atoms with Gasteiger partial charge in [-0.25, -0.2) is 8.42 Å². The normalized spacial score (nSPS) is 13.6. The van der Waals surface area contributed by atoms with Crippen LogP contribution in [0.25, 0.3) is 0 Å². The van der Waals surface area contributed by atoms with Crippen LogP contribution in [0.3, 0.4) is 0 Å². The van der Waals surface area contributed by atoms with Gasteiger partial charge in [0.15, 0.2) is 0 Å².